The molecule has 0 aliphatic heterocycles. The summed E-state index contributed by atoms with van der Waals surface area (Å²) in [5, 5.41) is 22.4. The number of benzene rings is 2. The number of carbonyl (C=O) groups is 3. The number of amides is 1. The predicted molar refractivity (Wildman–Crippen MR) is 145 cm³/mol. The van der Waals surface area contributed by atoms with Gasteiger partial charge >= 0.3 is 12.1 Å². The SMILES string of the molecule is CC(=NCCC[C@@H](NC(=O)OCC1c2ccccc2-c2ccccc21)C(=O)O)C1=C(O)CC(C)(C)CC1=O. The Morgan fingerprint density at radius 1 is 1.08 bits per heavy atom. The van der Waals surface area contributed by atoms with Gasteiger partial charge in [-0.25, -0.2) is 9.59 Å². The van der Waals surface area contributed by atoms with E-state index in [0.29, 0.717) is 25.0 Å². The number of allylic oxidation sites excluding steroid dienone is 2. The molecule has 0 unspecified atom stereocenters. The van der Waals surface area contributed by atoms with Gasteiger partial charge in [0.2, 0.25) is 0 Å². The largest absolute Gasteiger partial charge is 0.511 e. The maximum atomic E-state index is 12.5. The third kappa shape index (κ3) is 5.96. The monoisotopic (exact) mass is 518 g/mol. The number of fused-ring (bicyclic) bond motifs is 3. The molecule has 2 aromatic rings. The number of rotatable bonds is 9. The molecule has 0 radical (unpaired) electrons. The molecule has 8 nitrogen and oxygen atoms in total. The minimum absolute atomic E-state index is 0.0489. The second-order valence-corrected chi connectivity index (χ2v) is 10.7. The zero-order chi connectivity index (χ0) is 27.4. The van der Waals surface area contributed by atoms with Crippen molar-refractivity contribution in [2.75, 3.05) is 13.2 Å². The molecule has 1 amide bonds. The third-order valence-electron chi connectivity index (χ3n) is 7.15. The van der Waals surface area contributed by atoms with Gasteiger partial charge in [0.1, 0.15) is 18.4 Å². The van der Waals surface area contributed by atoms with Gasteiger partial charge < -0.3 is 20.3 Å². The van der Waals surface area contributed by atoms with Crippen molar-refractivity contribution >= 4 is 23.6 Å². The first-order valence-electron chi connectivity index (χ1n) is 12.9. The molecule has 3 N–H and O–H groups in total. The van der Waals surface area contributed by atoms with Crippen LogP contribution in [0.5, 0.6) is 0 Å². The Labute approximate surface area is 222 Å². The number of hydrogen-bond acceptors (Lipinski definition) is 6. The summed E-state index contributed by atoms with van der Waals surface area (Å²) in [4.78, 5) is 41.1. The third-order valence-corrected chi connectivity index (χ3v) is 7.15. The molecule has 2 aliphatic rings. The molecule has 2 aliphatic carbocycles. The summed E-state index contributed by atoms with van der Waals surface area (Å²) in [5.74, 6) is -1.37. The number of aliphatic carboxylic acids is 1. The fraction of sp³-hybridized carbons (Fsp3) is 0.400. The lowest BCUT2D eigenvalue weighted by atomic mass is 9.76. The molecule has 8 heteroatoms. The molecule has 0 bridgehead atoms. The zero-order valence-corrected chi connectivity index (χ0v) is 22.0. The number of nitrogens with one attached hydrogen (secondary N) is 1. The molecule has 0 spiro atoms. The highest BCUT2D eigenvalue weighted by Crippen LogP contribution is 2.44. The van der Waals surface area contributed by atoms with E-state index in [0.717, 1.165) is 22.3 Å². The Balaban J connectivity index is 1.31. The van der Waals surface area contributed by atoms with Gasteiger partial charge in [-0.1, -0.05) is 62.4 Å². The summed E-state index contributed by atoms with van der Waals surface area (Å²) in [6.07, 6.45) is 0.467. The van der Waals surface area contributed by atoms with Crippen molar-refractivity contribution in [1.29, 1.82) is 0 Å². The Kier molecular flexibility index (Phi) is 7.99. The van der Waals surface area contributed by atoms with E-state index >= 15 is 0 Å². The molecule has 2 aromatic carbocycles. The number of ether oxygens (including phenoxy) is 1. The van der Waals surface area contributed by atoms with Crippen LogP contribution in [0.3, 0.4) is 0 Å². The van der Waals surface area contributed by atoms with Crippen molar-refractivity contribution in [3.05, 3.63) is 71.0 Å². The van der Waals surface area contributed by atoms with E-state index in [1.54, 1.807) is 6.92 Å². The first kappa shape index (κ1) is 27.1. The second kappa shape index (κ2) is 11.2. The van der Waals surface area contributed by atoms with Crippen LogP contribution in [0, 0.1) is 5.41 Å². The summed E-state index contributed by atoms with van der Waals surface area (Å²) in [6.45, 7) is 5.89. The lowest BCUT2D eigenvalue weighted by Gasteiger charge is -2.29. The van der Waals surface area contributed by atoms with Crippen LogP contribution in [-0.4, -0.2) is 53.0 Å². The van der Waals surface area contributed by atoms with E-state index in [2.05, 4.69) is 10.3 Å². The van der Waals surface area contributed by atoms with Crippen molar-refractivity contribution in [3.63, 3.8) is 0 Å². The molecule has 4 rings (SSSR count). The van der Waals surface area contributed by atoms with Crippen molar-refractivity contribution in [3.8, 4) is 11.1 Å². The van der Waals surface area contributed by atoms with Gasteiger partial charge in [0, 0.05) is 31.0 Å². The minimum Gasteiger partial charge on any atom is -0.511 e. The topological polar surface area (TPSA) is 125 Å². The summed E-state index contributed by atoms with van der Waals surface area (Å²) >= 11 is 0. The number of alkyl carbamates (subject to hydrolysis) is 1. The molecule has 0 fully saturated rings. The lowest BCUT2D eigenvalue weighted by Crippen LogP contribution is -2.41. The van der Waals surface area contributed by atoms with Crippen LogP contribution in [-0.2, 0) is 14.3 Å². The molecule has 1 atom stereocenters. The Hall–Kier alpha value is -3.94. The Bertz CT molecular complexity index is 1260. The molecule has 38 heavy (non-hydrogen) atoms. The smallest absolute Gasteiger partial charge is 0.407 e. The number of aliphatic hydroxyl groups is 1. The summed E-state index contributed by atoms with van der Waals surface area (Å²) < 4.78 is 5.47. The second-order valence-electron chi connectivity index (χ2n) is 10.7. The fourth-order valence-electron chi connectivity index (χ4n) is 5.36. The highest BCUT2D eigenvalue weighted by atomic mass is 16.5. The minimum atomic E-state index is -1.16. The van der Waals surface area contributed by atoms with Crippen molar-refractivity contribution in [2.45, 2.75) is 58.4 Å². The number of aliphatic hydroxyl groups excluding tert-OH is 1. The van der Waals surface area contributed by atoms with Crippen LogP contribution in [0.25, 0.3) is 11.1 Å². The van der Waals surface area contributed by atoms with E-state index in [4.69, 9.17) is 4.74 Å². The maximum Gasteiger partial charge on any atom is 0.407 e. The van der Waals surface area contributed by atoms with Crippen LogP contribution in [0.15, 0.2) is 64.9 Å². The van der Waals surface area contributed by atoms with Crippen LogP contribution in [0.2, 0.25) is 0 Å². The van der Waals surface area contributed by atoms with Crippen LogP contribution in [0.4, 0.5) is 4.79 Å². The van der Waals surface area contributed by atoms with Crippen LogP contribution < -0.4 is 5.32 Å². The number of carboxylic acids is 1. The lowest BCUT2D eigenvalue weighted by molar-refractivity contribution is -0.139. The van der Waals surface area contributed by atoms with Crippen LogP contribution >= 0.6 is 0 Å². The quantitative estimate of drug-likeness (QED) is 0.301. The van der Waals surface area contributed by atoms with E-state index in [1.807, 2.05) is 62.4 Å². The normalized spacial score (nSPS) is 17.6. The Morgan fingerprint density at radius 3 is 2.26 bits per heavy atom. The van der Waals surface area contributed by atoms with Gasteiger partial charge in [-0.3, -0.25) is 9.79 Å². The number of carbonyl (C=O) groups excluding carboxylic acids is 2. The number of nitrogens with zero attached hydrogens (tertiary/aromatic N) is 1. The molecular weight excluding hydrogens is 484 g/mol. The number of ketones is 1. The molecule has 200 valence electrons. The number of hydrogen-bond donors (Lipinski definition) is 3. The maximum absolute atomic E-state index is 12.5. The number of carboxylic acid groups (broad SMARTS) is 1. The highest BCUT2D eigenvalue weighted by molar-refractivity contribution is 6.22. The van der Waals surface area contributed by atoms with Gasteiger partial charge in [-0.2, -0.15) is 0 Å². The number of aliphatic imine (C=N–C) groups is 1. The average Bonchev–Trinajstić information content (AvgIpc) is 3.17. The van der Waals surface area contributed by atoms with Crippen LogP contribution in [0.1, 0.15) is 63.5 Å². The molecule has 0 saturated heterocycles. The zero-order valence-electron chi connectivity index (χ0n) is 22.0. The molecule has 0 heterocycles. The van der Waals surface area contributed by atoms with Gasteiger partial charge in [0.15, 0.2) is 5.78 Å². The van der Waals surface area contributed by atoms with Crippen molar-refractivity contribution < 1.29 is 29.3 Å². The van der Waals surface area contributed by atoms with Gasteiger partial charge in [0.25, 0.3) is 0 Å². The molecule has 0 aromatic heterocycles. The first-order chi connectivity index (χ1) is 18.1. The predicted octanol–water partition coefficient (Wildman–Crippen LogP) is 5.42. The average molecular weight is 519 g/mol. The van der Waals surface area contributed by atoms with Gasteiger partial charge in [-0.05, 0) is 47.4 Å². The summed E-state index contributed by atoms with van der Waals surface area (Å²) in [6, 6.07) is 14.8. The van der Waals surface area contributed by atoms with Gasteiger partial charge in [-0.15, -0.1) is 0 Å². The van der Waals surface area contributed by atoms with E-state index in [-0.39, 0.29) is 48.0 Å². The summed E-state index contributed by atoms with van der Waals surface area (Å²) in [5.41, 5.74) is 4.79. The van der Waals surface area contributed by atoms with E-state index in [1.165, 1.54) is 0 Å². The van der Waals surface area contributed by atoms with Crippen molar-refractivity contribution in [2.24, 2.45) is 10.4 Å². The van der Waals surface area contributed by atoms with E-state index in [9.17, 15) is 24.6 Å². The standard InChI is InChI=1S/C30H34N2O6/c1-18(27-25(33)15-30(2,3)16-26(27)34)31-14-8-13-24(28(35)36)32-29(37)38-17-23-21-11-6-4-9-19(21)20-10-5-7-12-22(20)23/h4-7,9-12,23-24,33H,8,13-17H2,1-3H3,(H,32,37)(H,35,36)/t24-/m1/s1. The van der Waals surface area contributed by atoms with E-state index < -0.39 is 18.1 Å². The molecular formula is C30H34N2O6. The van der Waals surface area contributed by atoms with Crippen molar-refractivity contribution in [1.82, 2.24) is 5.32 Å². The summed E-state index contributed by atoms with van der Waals surface area (Å²) in [7, 11) is 0. The first-order valence-corrected chi connectivity index (χ1v) is 12.9. The molecule has 0 saturated carbocycles. The number of Topliss-reactive ketones (excluding diaryl/α,β-unsaturated/α-hetero) is 1. The highest BCUT2D eigenvalue weighted by Gasteiger charge is 2.34. The van der Waals surface area contributed by atoms with Gasteiger partial charge in [0.05, 0.1) is 5.57 Å². The fourth-order valence-corrected chi connectivity index (χ4v) is 5.36. The Morgan fingerprint density at radius 2 is 1.68 bits per heavy atom.